The van der Waals surface area contributed by atoms with Crippen molar-refractivity contribution >= 4 is 5.78 Å². The van der Waals surface area contributed by atoms with Gasteiger partial charge in [0.05, 0.1) is 0 Å². The highest BCUT2D eigenvalue weighted by molar-refractivity contribution is 5.81. The largest absolute Gasteiger partial charge is 0.323 e. The van der Waals surface area contributed by atoms with Gasteiger partial charge < -0.3 is 5.73 Å². The van der Waals surface area contributed by atoms with E-state index in [1.54, 1.807) is 0 Å². The maximum Gasteiger partial charge on any atom is 0.137 e. The smallest absolute Gasteiger partial charge is 0.137 e. The lowest BCUT2D eigenvalue weighted by molar-refractivity contribution is -0.123. The number of Topliss-reactive ketones (excluding diaryl/α,β-unsaturated/α-hetero) is 1. The molecule has 0 radical (unpaired) electrons. The van der Waals surface area contributed by atoms with E-state index in [1.807, 2.05) is 37.3 Å². The maximum absolute atomic E-state index is 12.2. The Balaban J connectivity index is 2.28. The van der Waals surface area contributed by atoms with Crippen LogP contribution in [-0.2, 0) is 4.79 Å². The lowest BCUT2D eigenvalue weighted by Gasteiger charge is -2.19. The zero-order valence-electron chi connectivity index (χ0n) is 13.0. The van der Waals surface area contributed by atoms with E-state index in [0.717, 1.165) is 12.0 Å². The standard InChI is InChI=1S/C18H29NO/c1-3-4-5-6-7-11-14-17(20)15(2)18(19)16-12-9-8-10-13-16/h8-10,12-13,15,18H,3-7,11,14,19H2,1-2H3. The molecule has 112 valence electrons. The van der Waals surface area contributed by atoms with Crippen molar-refractivity contribution in [2.75, 3.05) is 0 Å². The second-order valence-corrected chi connectivity index (χ2v) is 5.71. The van der Waals surface area contributed by atoms with Crippen LogP contribution in [0.3, 0.4) is 0 Å². The Kier molecular flexibility index (Phi) is 8.20. The normalized spacial score (nSPS) is 13.9. The van der Waals surface area contributed by atoms with Crippen LogP contribution in [0.25, 0.3) is 0 Å². The second kappa shape index (κ2) is 9.71. The van der Waals surface area contributed by atoms with Crippen LogP contribution in [0, 0.1) is 5.92 Å². The zero-order valence-corrected chi connectivity index (χ0v) is 13.0. The average molecular weight is 275 g/mol. The van der Waals surface area contributed by atoms with Crippen molar-refractivity contribution in [1.29, 1.82) is 0 Å². The summed E-state index contributed by atoms with van der Waals surface area (Å²) in [5.41, 5.74) is 7.24. The summed E-state index contributed by atoms with van der Waals surface area (Å²) in [5, 5.41) is 0. The number of unbranched alkanes of at least 4 members (excludes halogenated alkanes) is 5. The third-order valence-corrected chi connectivity index (χ3v) is 4.01. The highest BCUT2D eigenvalue weighted by Crippen LogP contribution is 2.21. The molecule has 1 aromatic carbocycles. The maximum atomic E-state index is 12.2. The molecular weight excluding hydrogens is 246 g/mol. The van der Waals surface area contributed by atoms with Gasteiger partial charge in [-0.2, -0.15) is 0 Å². The van der Waals surface area contributed by atoms with Crippen LogP contribution in [0.1, 0.15) is 70.4 Å². The van der Waals surface area contributed by atoms with Gasteiger partial charge in [-0.05, 0) is 12.0 Å². The molecule has 0 aromatic heterocycles. The van der Waals surface area contributed by atoms with E-state index < -0.39 is 0 Å². The molecule has 0 fully saturated rings. The summed E-state index contributed by atoms with van der Waals surface area (Å²) < 4.78 is 0. The monoisotopic (exact) mass is 275 g/mol. The number of benzene rings is 1. The van der Waals surface area contributed by atoms with Crippen LogP contribution in [0.15, 0.2) is 30.3 Å². The molecule has 0 amide bonds. The fraction of sp³-hybridized carbons (Fsp3) is 0.611. The first-order valence-corrected chi connectivity index (χ1v) is 8.00. The molecule has 0 aliphatic rings. The summed E-state index contributed by atoms with van der Waals surface area (Å²) in [5.74, 6) is 0.213. The number of rotatable bonds is 10. The van der Waals surface area contributed by atoms with E-state index in [2.05, 4.69) is 6.92 Å². The van der Waals surface area contributed by atoms with Gasteiger partial charge in [0, 0.05) is 18.4 Å². The molecule has 20 heavy (non-hydrogen) atoms. The minimum atomic E-state index is -0.177. The minimum Gasteiger partial charge on any atom is -0.323 e. The van der Waals surface area contributed by atoms with Crippen molar-refractivity contribution in [2.24, 2.45) is 11.7 Å². The minimum absolute atomic E-state index is 0.0898. The van der Waals surface area contributed by atoms with Gasteiger partial charge in [0.1, 0.15) is 5.78 Å². The molecule has 0 saturated carbocycles. The van der Waals surface area contributed by atoms with E-state index in [0.29, 0.717) is 12.2 Å². The van der Waals surface area contributed by atoms with Gasteiger partial charge in [0.25, 0.3) is 0 Å². The molecule has 0 heterocycles. The van der Waals surface area contributed by atoms with Gasteiger partial charge in [0.15, 0.2) is 0 Å². The van der Waals surface area contributed by atoms with Gasteiger partial charge in [0.2, 0.25) is 0 Å². The van der Waals surface area contributed by atoms with E-state index in [4.69, 9.17) is 5.73 Å². The summed E-state index contributed by atoms with van der Waals surface area (Å²) >= 11 is 0. The number of carbonyl (C=O) groups is 1. The number of ketones is 1. The molecular formula is C18H29NO. The molecule has 2 heteroatoms. The van der Waals surface area contributed by atoms with E-state index in [-0.39, 0.29) is 12.0 Å². The third kappa shape index (κ3) is 5.87. The van der Waals surface area contributed by atoms with Crippen LogP contribution >= 0.6 is 0 Å². The van der Waals surface area contributed by atoms with Gasteiger partial charge in [-0.3, -0.25) is 4.79 Å². The fourth-order valence-electron chi connectivity index (χ4n) is 2.47. The number of nitrogens with two attached hydrogens (primary N) is 1. The van der Waals surface area contributed by atoms with E-state index >= 15 is 0 Å². The van der Waals surface area contributed by atoms with Gasteiger partial charge in [-0.1, -0.05) is 76.3 Å². The predicted molar refractivity (Wildman–Crippen MR) is 85.5 cm³/mol. The Morgan fingerprint density at radius 3 is 2.30 bits per heavy atom. The van der Waals surface area contributed by atoms with Gasteiger partial charge in [-0.25, -0.2) is 0 Å². The zero-order chi connectivity index (χ0) is 14.8. The summed E-state index contributed by atoms with van der Waals surface area (Å²) in [6.07, 6.45) is 7.97. The first kappa shape index (κ1) is 16.9. The summed E-state index contributed by atoms with van der Waals surface area (Å²) in [6, 6.07) is 9.74. The molecule has 1 aromatic rings. The van der Waals surface area contributed by atoms with Crippen LogP contribution < -0.4 is 5.73 Å². The Hall–Kier alpha value is -1.15. The molecule has 2 N–H and O–H groups in total. The van der Waals surface area contributed by atoms with E-state index in [1.165, 1.54) is 32.1 Å². The number of carbonyl (C=O) groups excluding carboxylic acids is 1. The Labute approximate surface area is 123 Å². The molecule has 0 spiro atoms. The molecule has 2 unspecified atom stereocenters. The third-order valence-electron chi connectivity index (χ3n) is 4.01. The van der Waals surface area contributed by atoms with Crippen LogP contribution in [-0.4, -0.2) is 5.78 Å². The van der Waals surface area contributed by atoms with Crippen LogP contribution in [0.2, 0.25) is 0 Å². The van der Waals surface area contributed by atoms with E-state index in [9.17, 15) is 4.79 Å². The molecule has 0 bridgehead atoms. The topological polar surface area (TPSA) is 43.1 Å². The first-order chi connectivity index (χ1) is 9.66. The predicted octanol–water partition coefficient (Wildman–Crippen LogP) is 4.64. The molecule has 0 aliphatic heterocycles. The lowest BCUT2D eigenvalue weighted by Crippen LogP contribution is -2.25. The van der Waals surface area contributed by atoms with Crippen LogP contribution in [0.5, 0.6) is 0 Å². The Bertz CT molecular complexity index is 374. The molecule has 2 nitrogen and oxygen atoms in total. The Morgan fingerprint density at radius 2 is 1.65 bits per heavy atom. The van der Waals surface area contributed by atoms with Crippen molar-refractivity contribution in [1.82, 2.24) is 0 Å². The van der Waals surface area contributed by atoms with Crippen molar-refractivity contribution in [3.63, 3.8) is 0 Å². The van der Waals surface area contributed by atoms with Crippen LogP contribution in [0.4, 0.5) is 0 Å². The molecule has 2 atom stereocenters. The average Bonchev–Trinajstić information content (AvgIpc) is 2.50. The fourth-order valence-corrected chi connectivity index (χ4v) is 2.47. The Morgan fingerprint density at radius 1 is 1.05 bits per heavy atom. The van der Waals surface area contributed by atoms with Crippen molar-refractivity contribution in [3.05, 3.63) is 35.9 Å². The molecule has 1 rings (SSSR count). The van der Waals surface area contributed by atoms with Crippen molar-refractivity contribution < 1.29 is 4.79 Å². The number of hydrogen-bond donors (Lipinski definition) is 1. The lowest BCUT2D eigenvalue weighted by atomic mass is 9.89. The summed E-state index contributed by atoms with van der Waals surface area (Å²) in [7, 11) is 0. The number of hydrogen-bond acceptors (Lipinski definition) is 2. The quantitative estimate of drug-likeness (QED) is 0.632. The molecule has 0 aliphatic carbocycles. The highest BCUT2D eigenvalue weighted by atomic mass is 16.1. The van der Waals surface area contributed by atoms with Gasteiger partial charge in [-0.15, -0.1) is 0 Å². The SMILES string of the molecule is CCCCCCCCC(=O)C(C)C(N)c1ccccc1. The highest BCUT2D eigenvalue weighted by Gasteiger charge is 2.21. The first-order valence-electron chi connectivity index (χ1n) is 8.00. The van der Waals surface area contributed by atoms with Crippen molar-refractivity contribution in [2.45, 2.75) is 64.8 Å². The van der Waals surface area contributed by atoms with Crippen molar-refractivity contribution in [3.8, 4) is 0 Å². The molecule has 0 saturated heterocycles. The summed E-state index contributed by atoms with van der Waals surface area (Å²) in [4.78, 5) is 12.2. The summed E-state index contributed by atoms with van der Waals surface area (Å²) in [6.45, 7) is 4.17. The second-order valence-electron chi connectivity index (χ2n) is 5.71. The van der Waals surface area contributed by atoms with Gasteiger partial charge >= 0.3 is 0 Å².